The number of halogens is 2. The molecule has 0 aliphatic rings. The summed E-state index contributed by atoms with van der Waals surface area (Å²) in [5.74, 6) is -0.394. The highest BCUT2D eigenvalue weighted by Gasteiger charge is 2.06. The van der Waals surface area contributed by atoms with Crippen molar-refractivity contribution in [2.24, 2.45) is 5.73 Å². The normalized spacial score (nSPS) is 10.2. The highest BCUT2D eigenvalue weighted by Crippen LogP contribution is 2.20. The Bertz CT molecular complexity index is 273. The van der Waals surface area contributed by atoms with Crippen LogP contribution in [0.3, 0.4) is 0 Å². The molecule has 1 rings (SSSR count). The van der Waals surface area contributed by atoms with E-state index < -0.39 is 5.82 Å². The molecule has 0 heterocycles. The molecule has 0 spiro atoms. The van der Waals surface area contributed by atoms with E-state index in [1.54, 1.807) is 6.07 Å². The highest BCUT2D eigenvalue weighted by molar-refractivity contribution is 6.30. The van der Waals surface area contributed by atoms with Gasteiger partial charge in [0, 0.05) is 12.1 Å². The van der Waals surface area contributed by atoms with Crippen molar-refractivity contribution in [2.75, 3.05) is 0 Å². The number of hydrogen-bond acceptors (Lipinski definition) is 1. The molecule has 0 aliphatic heterocycles. The Labute approximate surface area is 70.0 Å². The Morgan fingerprint density at radius 2 is 2.18 bits per heavy atom. The van der Waals surface area contributed by atoms with E-state index in [-0.39, 0.29) is 11.6 Å². The Hall–Kier alpha value is -0.600. The molecule has 0 bridgehead atoms. The van der Waals surface area contributed by atoms with E-state index in [0.29, 0.717) is 5.56 Å². The number of benzene rings is 1. The van der Waals surface area contributed by atoms with E-state index in [1.165, 1.54) is 6.07 Å². The summed E-state index contributed by atoms with van der Waals surface area (Å²) in [5.41, 5.74) is 6.66. The van der Waals surface area contributed by atoms with E-state index in [0.717, 1.165) is 5.56 Å². The SMILES string of the molecule is Cc1ccc(Cl)c(F)c1CN. The van der Waals surface area contributed by atoms with Crippen LogP contribution in [0.15, 0.2) is 12.1 Å². The monoisotopic (exact) mass is 173 g/mol. The van der Waals surface area contributed by atoms with Crippen LogP contribution < -0.4 is 5.73 Å². The van der Waals surface area contributed by atoms with Gasteiger partial charge in [0.2, 0.25) is 0 Å². The topological polar surface area (TPSA) is 26.0 Å². The molecule has 0 aromatic heterocycles. The van der Waals surface area contributed by atoms with Crippen LogP contribution >= 0.6 is 11.6 Å². The van der Waals surface area contributed by atoms with Crippen molar-refractivity contribution in [2.45, 2.75) is 13.5 Å². The maximum Gasteiger partial charge on any atom is 0.146 e. The second-order valence-corrected chi connectivity index (χ2v) is 2.77. The fraction of sp³-hybridized carbons (Fsp3) is 0.250. The quantitative estimate of drug-likeness (QED) is 0.693. The molecule has 0 radical (unpaired) electrons. The first kappa shape index (κ1) is 8.50. The van der Waals surface area contributed by atoms with Crippen LogP contribution in [0.2, 0.25) is 5.02 Å². The molecule has 11 heavy (non-hydrogen) atoms. The zero-order chi connectivity index (χ0) is 8.43. The van der Waals surface area contributed by atoms with Gasteiger partial charge in [0.25, 0.3) is 0 Å². The molecule has 3 heteroatoms. The first-order valence-corrected chi connectivity index (χ1v) is 3.68. The lowest BCUT2D eigenvalue weighted by Gasteiger charge is -2.04. The van der Waals surface area contributed by atoms with Gasteiger partial charge in [-0.3, -0.25) is 0 Å². The smallest absolute Gasteiger partial charge is 0.146 e. The van der Waals surface area contributed by atoms with Crippen molar-refractivity contribution >= 4 is 11.6 Å². The van der Waals surface area contributed by atoms with E-state index in [2.05, 4.69) is 0 Å². The average molecular weight is 174 g/mol. The maximum atomic E-state index is 13.1. The predicted molar refractivity (Wildman–Crippen MR) is 44.0 cm³/mol. The van der Waals surface area contributed by atoms with Crippen molar-refractivity contribution < 1.29 is 4.39 Å². The summed E-state index contributed by atoms with van der Waals surface area (Å²) >= 11 is 5.53. The first-order valence-electron chi connectivity index (χ1n) is 3.30. The van der Waals surface area contributed by atoms with Gasteiger partial charge in [-0.25, -0.2) is 4.39 Å². The van der Waals surface area contributed by atoms with Crippen molar-refractivity contribution in [3.8, 4) is 0 Å². The summed E-state index contributed by atoms with van der Waals surface area (Å²) in [4.78, 5) is 0. The third-order valence-electron chi connectivity index (χ3n) is 1.63. The van der Waals surface area contributed by atoms with Gasteiger partial charge in [0.15, 0.2) is 0 Å². The van der Waals surface area contributed by atoms with Crippen LogP contribution in [0.5, 0.6) is 0 Å². The Balaban J connectivity index is 3.29. The summed E-state index contributed by atoms with van der Waals surface area (Å²) in [5, 5.41) is 0.135. The second-order valence-electron chi connectivity index (χ2n) is 2.36. The standard InChI is InChI=1S/C8H9ClFN/c1-5-2-3-7(9)8(10)6(5)4-11/h2-3H,4,11H2,1H3. The van der Waals surface area contributed by atoms with Crippen LogP contribution in [-0.2, 0) is 6.54 Å². The zero-order valence-corrected chi connectivity index (χ0v) is 6.95. The number of aryl methyl sites for hydroxylation is 1. The molecule has 0 unspecified atom stereocenters. The van der Waals surface area contributed by atoms with Gasteiger partial charge in [0.05, 0.1) is 5.02 Å². The number of hydrogen-bond donors (Lipinski definition) is 1. The minimum atomic E-state index is -0.394. The van der Waals surface area contributed by atoms with E-state index in [4.69, 9.17) is 17.3 Å². The maximum absolute atomic E-state index is 13.1. The zero-order valence-electron chi connectivity index (χ0n) is 6.20. The van der Waals surface area contributed by atoms with E-state index in [9.17, 15) is 4.39 Å². The van der Waals surface area contributed by atoms with Crippen LogP contribution in [-0.4, -0.2) is 0 Å². The molecule has 0 saturated heterocycles. The van der Waals surface area contributed by atoms with Crippen LogP contribution in [0.4, 0.5) is 4.39 Å². The van der Waals surface area contributed by atoms with Gasteiger partial charge < -0.3 is 5.73 Å². The first-order chi connectivity index (χ1) is 5.16. The molecule has 60 valence electrons. The molecule has 2 N–H and O–H groups in total. The largest absolute Gasteiger partial charge is 0.326 e. The molecule has 0 fully saturated rings. The van der Waals surface area contributed by atoms with Crippen LogP contribution in [0.1, 0.15) is 11.1 Å². The third-order valence-corrected chi connectivity index (χ3v) is 1.93. The molecule has 0 saturated carbocycles. The van der Waals surface area contributed by atoms with Crippen LogP contribution in [0, 0.1) is 12.7 Å². The summed E-state index contributed by atoms with van der Waals surface area (Å²) < 4.78 is 13.1. The van der Waals surface area contributed by atoms with Crippen molar-refractivity contribution in [1.82, 2.24) is 0 Å². The van der Waals surface area contributed by atoms with Crippen molar-refractivity contribution in [3.05, 3.63) is 34.1 Å². The second kappa shape index (κ2) is 3.20. The lowest BCUT2D eigenvalue weighted by Crippen LogP contribution is -2.02. The van der Waals surface area contributed by atoms with Gasteiger partial charge >= 0.3 is 0 Å². The predicted octanol–water partition coefficient (Wildman–Crippen LogP) is 2.25. The Morgan fingerprint density at radius 3 is 2.64 bits per heavy atom. The summed E-state index contributed by atoms with van der Waals surface area (Å²) in [6, 6.07) is 3.29. The molecule has 0 aliphatic carbocycles. The number of rotatable bonds is 1. The Morgan fingerprint density at radius 1 is 1.55 bits per heavy atom. The minimum absolute atomic E-state index is 0.135. The van der Waals surface area contributed by atoms with E-state index in [1.807, 2.05) is 6.92 Å². The molecule has 1 aromatic rings. The van der Waals surface area contributed by atoms with Gasteiger partial charge in [-0.15, -0.1) is 0 Å². The van der Waals surface area contributed by atoms with Gasteiger partial charge in [-0.1, -0.05) is 17.7 Å². The molecule has 0 amide bonds. The molecular weight excluding hydrogens is 165 g/mol. The van der Waals surface area contributed by atoms with Gasteiger partial charge in [-0.05, 0) is 18.6 Å². The van der Waals surface area contributed by atoms with E-state index >= 15 is 0 Å². The fourth-order valence-electron chi connectivity index (χ4n) is 0.940. The lowest BCUT2D eigenvalue weighted by atomic mass is 10.1. The fourth-order valence-corrected chi connectivity index (χ4v) is 1.12. The average Bonchev–Trinajstić information content (AvgIpc) is 1.99. The lowest BCUT2D eigenvalue weighted by molar-refractivity contribution is 0.609. The molecule has 0 atom stereocenters. The summed E-state index contributed by atoms with van der Waals surface area (Å²) in [6.07, 6.45) is 0. The molecule has 1 aromatic carbocycles. The third kappa shape index (κ3) is 1.52. The number of nitrogens with two attached hydrogens (primary N) is 1. The molecule has 1 nitrogen and oxygen atoms in total. The summed E-state index contributed by atoms with van der Waals surface area (Å²) in [6.45, 7) is 2.00. The van der Waals surface area contributed by atoms with Gasteiger partial charge in [0.1, 0.15) is 5.82 Å². The van der Waals surface area contributed by atoms with Gasteiger partial charge in [-0.2, -0.15) is 0 Å². The van der Waals surface area contributed by atoms with Crippen molar-refractivity contribution in [3.63, 3.8) is 0 Å². The van der Waals surface area contributed by atoms with Crippen molar-refractivity contribution in [1.29, 1.82) is 0 Å². The summed E-state index contributed by atoms with van der Waals surface area (Å²) in [7, 11) is 0. The molecular formula is C8H9ClFN. The highest BCUT2D eigenvalue weighted by atomic mass is 35.5. The minimum Gasteiger partial charge on any atom is -0.326 e. The van der Waals surface area contributed by atoms with Crippen LogP contribution in [0.25, 0.3) is 0 Å². The Kier molecular flexibility index (Phi) is 2.47.